The third-order valence-electron chi connectivity index (χ3n) is 1.36. The van der Waals surface area contributed by atoms with Crippen molar-refractivity contribution >= 4 is 21.4 Å². The summed E-state index contributed by atoms with van der Waals surface area (Å²) in [5.74, 6) is 0. The first kappa shape index (κ1) is 8.28. The molecule has 0 amide bonds. The van der Waals surface area contributed by atoms with Crippen LogP contribution in [-0.2, 0) is 0 Å². The van der Waals surface area contributed by atoms with Crippen LogP contribution in [0.4, 0.5) is 0 Å². The van der Waals surface area contributed by atoms with Gasteiger partial charge in [0.1, 0.15) is 0 Å². The fraction of sp³-hybridized carbons (Fsp3) is 0. The zero-order valence-corrected chi connectivity index (χ0v) is 8.69. The molecule has 10 heavy (non-hydrogen) atoms. The van der Waals surface area contributed by atoms with Gasteiger partial charge in [-0.25, -0.2) is 0 Å². The zero-order valence-electron chi connectivity index (χ0n) is 6.87. The molecule has 1 aromatic carbocycles. The van der Waals surface area contributed by atoms with Crippen LogP contribution in [0.5, 0.6) is 0 Å². The fourth-order valence-corrected chi connectivity index (χ4v) is 1.70. The molecule has 2 rings (SSSR count). The number of thiophene rings is 1. The van der Waals surface area contributed by atoms with E-state index in [2.05, 4.69) is 35.7 Å². The smallest absolute Gasteiger partial charge is 1.00 e. The Kier molecular flexibility index (Phi) is 2.93. The second kappa shape index (κ2) is 3.54. The number of hydrogen-bond acceptors (Lipinski definition) is 1. The van der Waals surface area contributed by atoms with Gasteiger partial charge in [0.25, 0.3) is 0 Å². The van der Waals surface area contributed by atoms with Gasteiger partial charge in [-0.3, -0.25) is 0 Å². The third kappa shape index (κ3) is 1.43. The predicted octanol–water partition coefficient (Wildman–Crippen LogP) is 0.0178. The summed E-state index contributed by atoms with van der Waals surface area (Å²) < 4.78 is 1.37. The van der Waals surface area contributed by atoms with Crippen molar-refractivity contribution in [3.05, 3.63) is 35.7 Å². The van der Waals surface area contributed by atoms with Gasteiger partial charge in [-0.05, 0) is 22.9 Å². The minimum Gasteiger partial charge on any atom is -1.00 e. The van der Waals surface area contributed by atoms with Gasteiger partial charge in [0.2, 0.25) is 0 Å². The van der Waals surface area contributed by atoms with Gasteiger partial charge < -0.3 is 1.43 Å². The molecule has 0 bridgehead atoms. The van der Waals surface area contributed by atoms with Crippen LogP contribution in [-0.4, -0.2) is 0 Å². The van der Waals surface area contributed by atoms with E-state index in [0.29, 0.717) is 0 Å². The fourth-order valence-electron chi connectivity index (χ4n) is 0.906. The molecular weight excluding hydrogens is 151 g/mol. The molecule has 0 unspecified atom stereocenters. The van der Waals surface area contributed by atoms with Crippen molar-refractivity contribution in [1.82, 2.24) is 0 Å². The summed E-state index contributed by atoms with van der Waals surface area (Å²) in [5.41, 5.74) is 0. The summed E-state index contributed by atoms with van der Waals surface area (Å²) in [6.45, 7) is 0. The van der Waals surface area contributed by atoms with Gasteiger partial charge in [0.05, 0.1) is 0 Å². The van der Waals surface area contributed by atoms with Crippen molar-refractivity contribution in [2.75, 3.05) is 0 Å². The first-order valence-corrected chi connectivity index (χ1v) is 3.77. The third-order valence-corrected chi connectivity index (χ3v) is 2.26. The number of benzene rings is 1. The molecule has 2 aromatic rings. The van der Waals surface area contributed by atoms with E-state index in [1.54, 1.807) is 11.3 Å². The van der Waals surface area contributed by atoms with E-state index in [9.17, 15) is 0 Å². The Bertz CT molecular complexity index is 288. The van der Waals surface area contributed by atoms with Crippen LogP contribution in [0.1, 0.15) is 1.43 Å². The van der Waals surface area contributed by atoms with Crippen molar-refractivity contribution < 1.29 is 31.0 Å². The van der Waals surface area contributed by atoms with E-state index in [1.165, 1.54) is 10.1 Å². The summed E-state index contributed by atoms with van der Waals surface area (Å²) in [5, 5.41) is 3.47. The van der Waals surface area contributed by atoms with Crippen LogP contribution in [0.3, 0.4) is 0 Å². The van der Waals surface area contributed by atoms with E-state index in [1.807, 2.05) is 0 Å². The standard InChI is InChI=1S/C8H6S.Na.H/c1-2-4-8-7(3-1)5-6-9-8;;/h1-6H;;/q;+1;-1. The second-order valence-corrected chi connectivity index (χ2v) is 2.91. The maximum atomic E-state index is 2.14. The quantitative estimate of drug-likeness (QED) is 0.474. The largest absolute Gasteiger partial charge is 1.00 e. The van der Waals surface area contributed by atoms with Gasteiger partial charge in [-0.2, -0.15) is 0 Å². The molecule has 0 atom stereocenters. The van der Waals surface area contributed by atoms with Crippen LogP contribution in [0.2, 0.25) is 0 Å². The SMILES string of the molecule is [H-].[Na+].c1ccc2sccc2c1. The van der Waals surface area contributed by atoms with Crippen LogP contribution in [0.15, 0.2) is 35.7 Å². The minimum atomic E-state index is 0. The zero-order chi connectivity index (χ0) is 6.10. The van der Waals surface area contributed by atoms with Crippen LogP contribution < -0.4 is 29.6 Å². The van der Waals surface area contributed by atoms with Crippen molar-refractivity contribution in [1.29, 1.82) is 0 Å². The molecule has 0 saturated heterocycles. The summed E-state index contributed by atoms with van der Waals surface area (Å²) in [4.78, 5) is 0. The summed E-state index contributed by atoms with van der Waals surface area (Å²) in [6, 6.07) is 10.5. The number of fused-ring (bicyclic) bond motifs is 1. The summed E-state index contributed by atoms with van der Waals surface area (Å²) >= 11 is 1.79. The normalized spacial score (nSPS) is 9.20. The summed E-state index contributed by atoms with van der Waals surface area (Å²) in [6.07, 6.45) is 0. The molecule has 0 saturated carbocycles. The number of rotatable bonds is 0. The molecule has 1 heterocycles. The Morgan fingerprint density at radius 3 is 2.70 bits per heavy atom. The van der Waals surface area contributed by atoms with Gasteiger partial charge in [0, 0.05) is 4.70 Å². The van der Waals surface area contributed by atoms with Gasteiger partial charge in [0.15, 0.2) is 0 Å². The molecule has 0 fully saturated rings. The Hall–Kier alpha value is 0.180. The average Bonchev–Trinajstić information content (AvgIpc) is 2.33. The molecule has 2 heteroatoms. The van der Waals surface area contributed by atoms with Crippen LogP contribution in [0, 0.1) is 0 Å². The van der Waals surface area contributed by atoms with Crippen molar-refractivity contribution in [3.8, 4) is 0 Å². The van der Waals surface area contributed by atoms with E-state index < -0.39 is 0 Å². The topological polar surface area (TPSA) is 0 Å². The average molecular weight is 158 g/mol. The van der Waals surface area contributed by atoms with Gasteiger partial charge in [-0.15, -0.1) is 11.3 Å². The molecule has 0 radical (unpaired) electrons. The van der Waals surface area contributed by atoms with Crippen molar-refractivity contribution in [3.63, 3.8) is 0 Å². The summed E-state index contributed by atoms with van der Waals surface area (Å²) in [7, 11) is 0. The Morgan fingerprint density at radius 2 is 1.90 bits per heavy atom. The first-order chi connectivity index (χ1) is 4.47. The molecule has 0 aliphatic carbocycles. The Labute approximate surface area is 87.7 Å². The van der Waals surface area contributed by atoms with Crippen molar-refractivity contribution in [2.45, 2.75) is 0 Å². The molecule has 0 aliphatic rings. The van der Waals surface area contributed by atoms with E-state index in [0.717, 1.165) is 0 Å². The molecule has 46 valence electrons. The molecule has 0 aliphatic heterocycles. The maximum absolute atomic E-state index is 2.14. The molecule has 1 aromatic heterocycles. The van der Waals surface area contributed by atoms with Crippen LogP contribution >= 0.6 is 11.3 Å². The Morgan fingerprint density at radius 1 is 1.10 bits per heavy atom. The second-order valence-electron chi connectivity index (χ2n) is 1.96. The molecule has 0 spiro atoms. The molecule has 0 nitrogen and oxygen atoms in total. The molecular formula is C8H7NaS. The van der Waals surface area contributed by atoms with E-state index in [-0.39, 0.29) is 31.0 Å². The van der Waals surface area contributed by atoms with E-state index >= 15 is 0 Å². The van der Waals surface area contributed by atoms with E-state index in [4.69, 9.17) is 0 Å². The monoisotopic (exact) mass is 158 g/mol. The van der Waals surface area contributed by atoms with Gasteiger partial charge in [-0.1, -0.05) is 18.2 Å². The maximum Gasteiger partial charge on any atom is 1.00 e. The Balaban J connectivity index is 0.000000500. The first-order valence-electron chi connectivity index (χ1n) is 2.89. The number of hydrogen-bond donors (Lipinski definition) is 0. The van der Waals surface area contributed by atoms with Crippen LogP contribution in [0.25, 0.3) is 10.1 Å². The predicted molar refractivity (Wildman–Crippen MR) is 42.9 cm³/mol. The van der Waals surface area contributed by atoms with Gasteiger partial charge >= 0.3 is 29.6 Å². The molecule has 0 N–H and O–H groups in total. The van der Waals surface area contributed by atoms with Crippen molar-refractivity contribution in [2.24, 2.45) is 0 Å². The minimum absolute atomic E-state index is 0.